The monoisotopic (exact) mass is 156 g/mol. The molecule has 62 valence electrons. The van der Waals surface area contributed by atoms with E-state index in [0.717, 1.165) is 6.42 Å². The molecule has 1 N–H and O–H groups in total. The molecule has 0 saturated carbocycles. The summed E-state index contributed by atoms with van der Waals surface area (Å²) in [6.07, 6.45) is 4.64. The van der Waals surface area contributed by atoms with E-state index in [9.17, 15) is 5.11 Å². The van der Waals surface area contributed by atoms with Crippen molar-refractivity contribution < 1.29 is 14.6 Å². The normalized spacial score (nSPS) is 34.8. The molecule has 1 aliphatic heterocycles. The number of aliphatic hydroxyl groups excluding tert-OH is 1. The SMILES string of the molecule is O[C@@H]1C=CCC2(C1)OCCO2. The van der Waals surface area contributed by atoms with E-state index in [0.29, 0.717) is 19.6 Å². The van der Waals surface area contributed by atoms with Gasteiger partial charge in [-0.1, -0.05) is 12.2 Å². The van der Waals surface area contributed by atoms with Gasteiger partial charge in [0, 0.05) is 12.8 Å². The molecule has 11 heavy (non-hydrogen) atoms. The van der Waals surface area contributed by atoms with Crippen LogP contribution in [0.3, 0.4) is 0 Å². The zero-order chi connectivity index (χ0) is 7.73. The van der Waals surface area contributed by atoms with Gasteiger partial charge in [-0.2, -0.15) is 0 Å². The van der Waals surface area contributed by atoms with Crippen LogP contribution in [0.1, 0.15) is 12.8 Å². The van der Waals surface area contributed by atoms with Gasteiger partial charge in [0.15, 0.2) is 5.79 Å². The predicted octanol–water partition coefficient (Wildman–Crippen LogP) is 0.440. The van der Waals surface area contributed by atoms with Gasteiger partial charge < -0.3 is 14.6 Å². The second-order valence-corrected chi connectivity index (χ2v) is 3.01. The summed E-state index contributed by atoms with van der Waals surface area (Å²) in [6, 6.07) is 0. The standard InChI is InChI=1S/C8H12O3/c9-7-2-1-3-8(6-7)10-4-5-11-8/h1-2,7,9H,3-6H2/t7-/m1/s1. The lowest BCUT2D eigenvalue weighted by molar-refractivity contribution is -0.173. The minimum atomic E-state index is -0.492. The van der Waals surface area contributed by atoms with Crippen LogP contribution in [-0.4, -0.2) is 30.2 Å². The molecule has 0 aromatic rings. The molecule has 1 atom stereocenters. The lowest BCUT2D eigenvalue weighted by atomic mass is 9.98. The average Bonchev–Trinajstić information content (AvgIpc) is 2.37. The van der Waals surface area contributed by atoms with E-state index in [2.05, 4.69) is 0 Å². The molecule has 1 heterocycles. The van der Waals surface area contributed by atoms with Crippen molar-refractivity contribution in [3.8, 4) is 0 Å². The highest BCUT2D eigenvalue weighted by molar-refractivity contribution is 5.01. The Balaban J connectivity index is 2.09. The Morgan fingerprint density at radius 1 is 1.36 bits per heavy atom. The van der Waals surface area contributed by atoms with Crippen LogP contribution in [0.2, 0.25) is 0 Å². The fraction of sp³-hybridized carbons (Fsp3) is 0.750. The smallest absolute Gasteiger partial charge is 0.174 e. The van der Waals surface area contributed by atoms with E-state index in [1.165, 1.54) is 0 Å². The van der Waals surface area contributed by atoms with E-state index in [1.54, 1.807) is 6.08 Å². The Bertz CT molecular complexity index is 170. The Kier molecular flexibility index (Phi) is 1.71. The van der Waals surface area contributed by atoms with E-state index < -0.39 is 11.9 Å². The van der Waals surface area contributed by atoms with Crippen LogP contribution in [0.4, 0.5) is 0 Å². The number of ether oxygens (including phenoxy) is 2. The Morgan fingerprint density at radius 3 is 2.73 bits per heavy atom. The van der Waals surface area contributed by atoms with Crippen LogP contribution in [0.5, 0.6) is 0 Å². The summed E-state index contributed by atoms with van der Waals surface area (Å²) in [5.41, 5.74) is 0. The lowest BCUT2D eigenvalue weighted by Crippen LogP contribution is -2.36. The average molecular weight is 156 g/mol. The van der Waals surface area contributed by atoms with Crippen LogP contribution < -0.4 is 0 Å². The highest BCUT2D eigenvalue weighted by Gasteiger charge is 2.38. The largest absolute Gasteiger partial charge is 0.389 e. The molecule has 2 aliphatic rings. The van der Waals surface area contributed by atoms with Gasteiger partial charge in [-0.3, -0.25) is 0 Å². The zero-order valence-corrected chi connectivity index (χ0v) is 6.32. The van der Waals surface area contributed by atoms with Gasteiger partial charge in [0.25, 0.3) is 0 Å². The van der Waals surface area contributed by atoms with Crippen LogP contribution >= 0.6 is 0 Å². The Labute approximate surface area is 65.6 Å². The summed E-state index contributed by atoms with van der Waals surface area (Å²) < 4.78 is 10.8. The van der Waals surface area contributed by atoms with Gasteiger partial charge in [0.05, 0.1) is 19.3 Å². The minimum absolute atomic E-state index is 0.401. The quantitative estimate of drug-likeness (QED) is 0.517. The summed E-state index contributed by atoms with van der Waals surface area (Å²) in [5, 5.41) is 9.29. The first-order valence-corrected chi connectivity index (χ1v) is 3.93. The third-order valence-corrected chi connectivity index (χ3v) is 2.12. The zero-order valence-electron chi connectivity index (χ0n) is 6.32. The number of hydrogen-bond acceptors (Lipinski definition) is 3. The maximum absolute atomic E-state index is 9.29. The van der Waals surface area contributed by atoms with Crippen molar-refractivity contribution in [3.05, 3.63) is 12.2 Å². The van der Waals surface area contributed by atoms with Gasteiger partial charge in [-0.25, -0.2) is 0 Å². The first kappa shape index (κ1) is 7.28. The Morgan fingerprint density at radius 2 is 2.09 bits per heavy atom. The maximum Gasteiger partial charge on any atom is 0.174 e. The minimum Gasteiger partial charge on any atom is -0.389 e. The first-order chi connectivity index (χ1) is 5.31. The highest BCUT2D eigenvalue weighted by Crippen LogP contribution is 2.32. The molecule has 0 radical (unpaired) electrons. The Hall–Kier alpha value is -0.380. The fourth-order valence-electron chi connectivity index (χ4n) is 1.61. The van der Waals surface area contributed by atoms with Crippen LogP contribution in [0.15, 0.2) is 12.2 Å². The van der Waals surface area contributed by atoms with Crippen molar-refractivity contribution in [2.24, 2.45) is 0 Å². The summed E-state index contributed by atoms with van der Waals surface area (Å²) in [6.45, 7) is 1.31. The molecule has 0 unspecified atom stereocenters. The molecule has 3 heteroatoms. The molecule has 1 fully saturated rings. The molecule has 3 nitrogen and oxygen atoms in total. The van der Waals surface area contributed by atoms with Crippen molar-refractivity contribution in [1.82, 2.24) is 0 Å². The molecule has 0 aromatic heterocycles. The summed E-state index contributed by atoms with van der Waals surface area (Å²) in [5.74, 6) is -0.492. The second-order valence-electron chi connectivity index (χ2n) is 3.01. The molecule has 2 rings (SSSR count). The summed E-state index contributed by atoms with van der Waals surface area (Å²) in [4.78, 5) is 0. The molecular weight excluding hydrogens is 144 g/mol. The number of hydrogen-bond donors (Lipinski definition) is 1. The number of aliphatic hydroxyl groups is 1. The third kappa shape index (κ3) is 1.31. The van der Waals surface area contributed by atoms with Gasteiger partial charge in [0.1, 0.15) is 0 Å². The van der Waals surface area contributed by atoms with E-state index in [-0.39, 0.29) is 0 Å². The topological polar surface area (TPSA) is 38.7 Å². The molecule has 0 amide bonds. The number of rotatable bonds is 0. The maximum atomic E-state index is 9.29. The van der Waals surface area contributed by atoms with E-state index in [1.807, 2.05) is 6.08 Å². The second kappa shape index (κ2) is 2.59. The van der Waals surface area contributed by atoms with Crippen LogP contribution in [0, 0.1) is 0 Å². The third-order valence-electron chi connectivity index (χ3n) is 2.12. The molecule has 0 bridgehead atoms. The summed E-state index contributed by atoms with van der Waals surface area (Å²) >= 11 is 0. The predicted molar refractivity (Wildman–Crippen MR) is 39.0 cm³/mol. The van der Waals surface area contributed by atoms with E-state index in [4.69, 9.17) is 9.47 Å². The van der Waals surface area contributed by atoms with Gasteiger partial charge in [-0.15, -0.1) is 0 Å². The molecule has 1 saturated heterocycles. The van der Waals surface area contributed by atoms with Crippen molar-refractivity contribution in [1.29, 1.82) is 0 Å². The molecule has 1 spiro atoms. The van der Waals surface area contributed by atoms with Gasteiger partial charge in [0.2, 0.25) is 0 Å². The van der Waals surface area contributed by atoms with Crippen LogP contribution in [0.25, 0.3) is 0 Å². The van der Waals surface area contributed by atoms with Crippen molar-refractivity contribution in [2.45, 2.75) is 24.7 Å². The molecule has 0 aromatic carbocycles. The van der Waals surface area contributed by atoms with Gasteiger partial charge in [-0.05, 0) is 0 Å². The molecular formula is C8H12O3. The van der Waals surface area contributed by atoms with Crippen molar-refractivity contribution >= 4 is 0 Å². The van der Waals surface area contributed by atoms with E-state index >= 15 is 0 Å². The van der Waals surface area contributed by atoms with Crippen LogP contribution in [-0.2, 0) is 9.47 Å². The van der Waals surface area contributed by atoms with Crippen molar-refractivity contribution in [3.63, 3.8) is 0 Å². The highest BCUT2D eigenvalue weighted by atomic mass is 16.7. The lowest BCUT2D eigenvalue weighted by Gasteiger charge is -2.30. The van der Waals surface area contributed by atoms with Gasteiger partial charge >= 0.3 is 0 Å². The summed E-state index contributed by atoms with van der Waals surface area (Å²) in [7, 11) is 0. The first-order valence-electron chi connectivity index (χ1n) is 3.93. The molecule has 1 aliphatic carbocycles. The fourth-order valence-corrected chi connectivity index (χ4v) is 1.61. The van der Waals surface area contributed by atoms with Crippen molar-refractivity contribution in [2.75, 3.05) is 13.2 Å².